The molecule has 5 aromatic carbocycles. The van der Waals surface area contributed by atoms with Gasteiger partial charge < -0.3 is 24.5 Å². The standard InChI is InChI=1S/C57H47N5O8S3/c1-59(32-35-16-20-41(21-17-35)69-33-38-34-72-56-53(55(64)62(56)54(38)57(65)66)58-51(63)31-42-11-8-28-71-42)73(67,68)50-15-7-4-12-45(50)52-43-22-18-39(60-26-24-36-9-2-5-13-46(36)60)29-48(43)70-49-30-40(19-23-44(49)52)61-27-25-37-10-3-6-14-47(37)61/h2-23,28-30,53,56H,24-27,31-34H2,1H3,(H-,58,63,65,66)/p+1/t53-,56-/m1/s1. The number of fused-ring (bicyclic) bond motifs is 5. The Morgan fingerprint density at radius 2 is 1.67 bits per heavy atom. The van der Waals surface area contributed by atoms with Crippen molar-refractivity contribution in [3.8, 4) is 28.2 Å². The van der Waals surface area contributed by atoms with Gasteiger partial charge in [-0.25, -0.2) is 13.2 Å². The van der Waals surface area contributed by atoms with Crippen LogP contribution in [0.1, 0.15) is 21.6 Å². The number of ether oxygens (including phenoxy) is 1. The van der Waals surface area contributed by atoms with E-state index in [1.807, 2.05) is 41.8 Å². The Morgan fingerprint density at radius 3 is 2.49 bits per heavy atom. The van der Waals surface area contributed by atoms with Crippen LogP contribution in [-0.4, -0.2) is 84.4 Å². The zero-order chi connectivity index (χ0) is 50.0. The lowest BCUT2D eigenvalue weighted by atomic mass is 9.93. The van der Waals surface area contributed by atoms with Crippen LogP contribution in [0.5, 0.6) is 5.75 Å². The molecule has 1 fully saturated rings. The number of thioether (sulfide) groups is 1. The molecule has 2 atom stereocenters. The Hall–Kier alpha value is -7.50. The summed E-state index contributed by atoms with van der Waals surface area (Å²) in [4.78, 5) is 43.0. The zero-order valence-electron chi connectivity index (χ0n) is 39.6. The summed E-state index contributed by atoms with van der Waals surface area (Å²) in [6.45, 7) is 1.64. The van der Waals surface area contributed by atoms with E-state index in [0.29, 0.717) is 39.5 Å². The number of rotatable bonds is 13. The number of thiophene rings is 1. The van der Waals surface area contributed by atoms with E-state index >= 15 is 0 Å². The fraction of sp³-hybridized carbons (Fsp3) is 0.193. The van der Waals surface area contributed by atoms with E-state index in [2.05, 4.69) is 87.6 Å². The number of amides is 2. The average Bonchev–Trinajstić information content (AvgIpc) is 4.20. The van der Waals surface area contributed by atoms with E-state index in [9.17, 15) is 27.9 Å². The van der Waals surface area contributed by atoms with Crippen LogP contribution in [0.25, 0.3) is 33.4 Å². The predicted molar refractivity (Wildman–Crippen MR) is 284 cm³/mol. The summed E-state index contributed by atoms with van der Waals surface area (Å²) in [7, 11) is -2.54. The molecular formula is C57H48N5O8S3+. The largest absolute Gasteiger partial charge is 0.489 e. The first-order valence-corrected chi connectivity index (χ1v) is 27.4. The molecule has 366 valence electrons. The van der Waals surface area contributed by atoms with Crippen molar-refractivity contribution in [2.45, 2.75) is 42.1 Å². The Bertz CT molecular complexity index is 3720. The number of anilines is 2. The van der Waals surface area contributed by atoms with E-state index in [1.54, 1.807) is 43.4 Å². The molecular weight excluding hydrogens is 979 g/mol. The Labute approximate surface area is 429 Å². The lowest BCUT2D eigenvalue weighted by molar-refractivity contribution is -0.150. The van der Waals surface area contributed by atoms with Crippen LogP contribution >= 0.6 is 23.1 Å². The zero-order valence-corrected chi connectivity index (χ0v) is 42.0. The molecule has 0 saturated carbocycles. The highest BCUT2D eigenvalue weighted by Gasteiger charge is 2.54. The molecule has 12 rings (SSSR count). The molecule has 6 heterocycles. The summed E-state index contributed by atoms with van der Waals surface area (Å²) in [5, 5.41) is 16.1. The third kappa shape index (κ3) is 8.47. The lowest BCUT2D eigenvalue weighted by Gasteiger charge is -2.49. The second-order valence-corrected chi connectivity index (χ2v) is 22.7. The molecule has 0 spiro atoms. The molecule has 2 amide bonds. The van der Waals surface area contributed by atoms with Crippen LogP contribution in [-0.2, 0) is 50.2 Å². The van der Waals surface area contributed by atoms with Crippen LogP contribution in [0, 0.1) is 0 Å². The Kier molecular flexibility index (Phi) is 12.0. The van der Waals surface area contributed by atoms with E-state index in [0.717, 1.165) is 69.7 Å². The van der Waals surface area contributed by atoms with Gasteiger partial charge >= 0.3 is 5.97 Å². The van der Waals surface area contributed by atoms with Gasteiger partial charge in [-0.05, 0) is 71.5 Å². The van der Waals surface area contributed by atoms with Crippen molar-refractivity contribution in [2.75, 3.05) is 37.4 Å². The quantitative estimate of drug-likeness (QED) is 0.0651. The first-order valence-electron chi connectivity index (χ1n) is 24.0. The molecule has 16 heteroatoms. The number of carbonyl (C=O) groups is 3. The number of carboxylic acid groups (broad SMARTS) is 1. The topological polar surface area (TPSA) is 153 Å². The molecule has 2 N–H and O–H groups in total. The van der Waals surface area contributed by atoms with Crippen LogP contribution in [0.3, 0.4) is 0 Å². The van der Waals surface area contributed by atoms with Gasteiger partial charge in [-0.15, -0.1) is 23.1 Å². The summed E-state index contributed by atoms with van der Waals surface area (Å²) in [5.41, 5.74) is 9.65. The number of hydrogen-bond acceptors (Lipinski definition) is 10. The molecule has 73 heavy (non-hydrogen) atoms. The Balaban J connectivity index is 0.810. The number of hydrogen-bond donors (Lipinski definition) is 2. The van der Waals surface area contributed by atoms with Crippen molar-refractivity contribution in [3.05, 3.63) is 189 Å². The fourth-order valence-corrected chi connectivity index (χ4v) is 14.0. The van der Waals surface area contributed by atoms with E-state index in [-0.39, 0.29) is 36.1 Å². The second-order valence-electron chi connectivity index (χ2n) is 18.6. The maximum Gasteiger partial charge on any atom is 0.352 e. The minimum absolute atomic E-state index is 0.0539. The molecule has 6 aliphatic rings. The maximum absolute atomic E-state index is 14.9. The van der Waals surface area contributed by atoms with Gasteiger partial charge in [0.15, 0.2) is 6.54 Å². The van der Waals surface area contributed by atoms with Crippen molar-refractivity contribution in [1.29, 1.82) is 0 Å². The first-order chi connectivity index (χ1) is 35.5. The second kappa shape index (κ2) is 18.8. The minimum Gasteiger partial charge on any atom is -0.489 e. The average molecular weight is 1030 g/mol. The SMILES string of the molecule is CN(Cc1ccc(OCC2=C(C(=O)O)N3C(=O)[C@@H](NC(=O)Cc4cccs4)[C@H]3SC2)cc1)S(=O)(=O)c1ccccc1-c1c2ccc(=[N+]3CCc4ccccc43)cc-2oc2cc(N3CCc4ccccc43)ccc12. The monoisotopic (exact) mass is 1030 g/mol. The molecule has 1 saturated heterocycles. The summed E-state index contributed by atoms with van der Waals surface area (Å²) < 4.78 is 46.4. The number of sulfonamides is 1. The molecule has 0 radical (unpaired) electrons. The number of para-hydroxylation sites is 2. The van der Waals surface area contributed by atoms with E-state index in [1.165, 1.54) is 43.4 Å². The van der Waals surface area contributed by atoms with Gasteiger partial charge in [0.1, 0.15) is 40.8 Å². The van der Waals surface area contributed by atoms with Crippen molar-refractivity contribution in [3.63, 3.8) is 0 Å². The highest BCUT2D eigenvalue weighted by Crippen LogP contribution is 2.45. The summed E-state index contributed by atoms with van der Waals surface area (Å²) in [5.74, 6) is -0.641. The van der Waals surface area contributed by atoms with Crippen LogP contribution in [0.15, 0.2) is 172 Å². The van der Waals surface area contributed by atoms with Gasteiger partial charge in [0.2, 0.25) is 27.0 Å². The van der Waals surface area contributed by atoms with E-state index in [4.69, 9.17) is 9.15 Å². The highest BCUT2D eigenvalue weighted by molar-refractivity contribution is 8.00. The van der Waals surface area contributed by atoms with Crippen LogP contribution in [0.2, 0.25) is 0 Å². The molecule has 1 aromatic heterocycles. The molecule has 0 bridgehead atoms. The molecule has 5 aliphatic heterocycles. The van der Waals surface area contributed by atoms with Crippen molar-refractivity contribution < 1.29 is 37.1 Å². The van der Waals surface area contributed by atoms with Crippen molar-refractivity contribution >= 4 is 78.9 Å². The number of carbonyl (C=O) groups excluding carboxylic acids is 2. The number of aliphatic carboxylic acids is 1. The predicted octanol–water partition coefficient (Wildman–Crippen LogP) is 8.80. The normalized spacial score (nSPS) is 18.0. The maximum atomic E-state index is 14.9. The molecule has 6 aromatic rings. The lowest BCUT2D eigenvalue weighted by Crippen LogP contribution is -2.70. The van der Waals surface area contributed by atoms with Gasteiger partial charge in [-0.1, -0.05) is 72.8 Å². The van der Waals surface area contributed by atoms with Crippen LogP contribution in [0.4, 0.5) is 17.1 Å². The van der Waals surface area contributed by atoms with Gasteiger partial charge in [-0.3, -0.25) is 14.5 Å². The first kappa shape index (κ1) is 46.6. The van der Waals surface area contributed by atoms with Crippen LogP contribution < -0.4 is 24.9 Å². The minimum atomic E-state index is -4.11. The Morgan fingerprint density at radius 1 is 0.877 bits per heavy atom. The molecule has 0 unspecified atom stereocenters. The number of benzene rings is 6. The van der Waals surface area contributed by atoms with Gasteiger partial charge in [0, 0.05) is 100.0 Å². The smallest absolute Gasteiger partial charge is 0.352 e. The molecule has 1 aliphatic carbocycles. The number of β-lactam (4-membered cyclic amide) rings is 1. The van der Waals surface area contributed by atoms with Gasteiger partial charge in [0.25, 0.3) is 5.91 Å². The third-order valence-electron chi connectivity index (χ3n) is 14.2. The fourth-order valence-electron chi connectivity index (χ4n) is 10.6. The van der Waals surface area contributed by atoms with Gasteiger partial charge in [-0.2, -0.15) is 8.88 Å². The summed E-state index contributed by atoms with van der Waals surface area (Å²) >= 11 is 2.83. The third-order valence-corrected chi connectivity index (χ3v) is 18.2. The van der Waals surface area contributed by atoms with Crippen molar-refractivity contribution in [1.82, 2.24) is 19.1 Å². The number of nitrogens with one attached hydrogen (secondary N) is 1. The number of carboxylic acids is 1. The summed E-state index contributed by atoms with van der Waals surface area (Å²) in [6, 6.07) is 46.3. The van der Waals surface area contributed by atoms with Crippen molar-refractivity contribution in [2.24, 2.45) is 0 Å². The molecule has 13 nitrogen and oxygen atoms in total. The summed E-state index contributed by atoms with van der Waals surface area (Å²) in [6.07, 6.45) is 2.02. The highest BCUT2D eigenvalue weighted by atomic mass is 32.2. The van der Waals surface area contributed by atoms with E-state index < -0.39 is 33.3 Å². The van der Waals surface area contributed by atoms with Gasteiger partial charge in [0.05, 0.1) is 17.4 Å². The number of nitrogens with zero attached hydrogens (tertiary/aromatic N) is 4.